The summed E-state index contributed by atoms with van der Waals surface area (Å²) in [5.41, 5.74) is 9.12. The number of aromatic nitrogens is 2. The minimum absolute atomic E-state index is 0.573. The first-order chi connectivity index (χ1) is 14.4. The molecule has 2 N–H and O–H groups in total. The molecule has 1 aromatic heterocycles. The number of nitrogens with two attached hydrogens (primary N) is 1. The van der Waals surface area contributed by atoms with Crippen LogP contribution in [0.3, 0.4) is 0 Å². The summed E-state index contributed by atoms with van der Waals surface area (Å²) in [6, 6.07) is 7.74. The van der Waals surface area contributed by atoms with Crippen molar-refractivity contribution in [3.63, 3.8) is 0 Å². The summed E-state index contributed by atoms with van der Waals surface area (Å²) < 4.78 is 21.9. The predicted molar refractivity (Wildman–Crippen MR) is 115 cm³/mol. The lowest BCUT2D eigenvalue weighted by Crippen LogP contribution is -2.58. The van der Waals surface area contributed by atoms with Crippen molar-refractivity contribution in [2.75, 3.05) is 33.3 Å². The van der Waals surface area contributed by atoms with E-state index in [1.165, 1.54) is 0 Å². The predicted octanol–water partition coefficient (Wildman–Crippen LogP) is 2.90. The number of benzene rings is 2. The van der Waals surface area contributed by atoms with Crippen molar-refractivity contribution >= 4 is 16.7 Å². The Bertz CT molecular complexity index is 1100. The zero-order valence-corrected chi connectivity index (χ0v) is 17.9. The van der Waals surface area contributed by atoms with Crippen molar-refractivity contribution in [2.24, 2.45) is 5.73 Å². The van der Waals surface area contributed by atoms with Crippen molar-refractivity contribution < 1.29 is 18.9 Å². The number of fused-ring (bicyclic) bond motifs is 2. The Morgan fingerprint density at radius 1 is 0.833 bits per heavy atom. The summed E-state index contributed by atoms with van der Waals surface area (Å²) in [7, 11) is 6.48. The SMILES string of the molecule is COc1cc2c(cc1OC)C[C@](C)(N)N(c1ncnc3cc(OC)c(OC)cc13)C2. The van der Waals surface area contributed by atoms with Crippen LogP contribution < -0.4 is 29.6 Å². The number of hydrogen-bond donors (Lipinski definition) is 1. The van der Waals surface area contributed by atoms with Crippen LogP contribution in [-0.4, -0.2) is 44.1 Å². The van der Waals surface area contributed by atoms with E-state index in [2.05, 4.69) is 14.9 Å². The van der Waals surface area contributed by atoms with Gasteiger partial charge in [-0.25, -0.2) is 9.97 Å². The molecule has 0 spiro atoms. The second-order valence-corrected chi connectivity index (χ2v) is 7.52. The van der Waals surface area contributed by atoms with Crippen LogP contribution in [0.25, 0.3) is 10.9 Å². The standard InChI is InChI=1S/C22H26N4O4/c1-22(23)10-13-6-17(27-2)18(28-3)7-14(13)11-26(22)21-15-8-19(29-4)20(30-5)9-16(15)24-12-25-21/h6-9,12H,10-11,23H2,1-5H3/t22-/m1/s1. The van der Waals surface area contributed by atoms with Crippen molar-refractivity contribution in [3.8, 4) is 23.0 Å². The van der Waals surface area contributed by atoms with Gasteiger partial charge in [0.15, 0.2) is 23.0 Å². The van der Waals surface area contributed by atoms with Crippen LogP contribution in [0.4, 0.5) is 5.82 Å². The van der Waals surface area contributed by atoms with Gasteiger partial charge in [-0.15, -0.1) is 0 Å². The first-order valence-electron chi connectivity index (χ1n) is 9.59. The molecule has 8 nitrogen and oxygen atoms in total. The summed E-state index contributed by atoms with van der Waals surface area (Å²) in [4.78, 5) is 11.1. The van der Waals surface area contributed by atoms with Crippen molar-refractivity contribution in [1.29, 1.82) is 0 Å². The molecule has 3 aromatic rings. The van der Waals surface area contributed by atoms with E-state index < -0.39 is 5.66 Å². The number of nitrogens with zero attached hydrogens (tertiary/aromatic N) is 3. The molecular formula is C22H26N4O4. The number of ether oxygens (including phenoxy) is 4. The molecule has 1 aliphatic rings. The van der Waals surface area contributed by atoms with Crippen LogP contribution in [0, 0.1) is 0 Å². The minimum atomic E-state index is -0.666. The molecule has 30 heavy (non-hydrogen) atoms. The molecule has 1 atom stereocenters. The first kappa shape index (κ1) is 20.0. The number of rotatable bonds is 5. The number of methoxy groups -OCH3 is 4. The second-order valence-electron chi connectivity index (χ2n) is 7.52. The number of hydrogen-bond acceptors (Lipinski definition) is 8. The fourth-order valence-electron chi connectivity index (χ4n) is 4.01. The average molecular weight is 410 g/mol. The Kier molecular flexibility index (Phi) is 5.03. The van der Waals surface area contributed by atoms with E-state index in [1.54, 1.807) is 34.8 Å². The fourth-order valence-corrected chi connectivity index (χ4v) is 4.01. The maximum absolute atomic E-state index is 6.79. The molecule has 0 saturated heterocycles. The van der Waals surface area contributed by atoms with E-state index in [9.17, 15) is 0 Å². The Morgan fingerprint density at radius 3 is 2.03 bits per heavy atom. The molecule has 2 aromatic carbocycles. The monoisotopic (exact) mass is 410 g/mol. The van der Waals surface area contributed by atoms with Crippen molar-refractivity contribution in [3.05, 3.63) is 41.7 Å². The molecule has 0 amide bonds. The topological polar surface area (TPSA) is 92.0 Å². The van der Waals surface area contributed by atoms with E-state index in [1.807, 2.05) is 31.2 Å². The summed E-state index contributed by atoms with van der Waals surface area (Å²) in [6.45, 7) is 2.57. The summed E-state index contributed by atoms with van der Waals surface area (Å²) >= 11 is 0. The Balaban J connectivity index is 1.85. The van der Waals surface area contributed by atoms with E-state index >= 15 is 0 Å². The maximum Gasteiger partial charge on any atom is 0.162 e. The fraction of sp³-hybridized carbons (Fsp3) is 0.364. The quantitative estimate of drug-likeness (QED) is 0.687. The molecule has 4 rings (SSSR count). The van der Waals surface area contributed by atoms with Gasteiger partial charge in [-0.1, -0.05) is 0 Å². The molecule has 8 heteroatoms. The van der Waals surface area contributed by atoms with Crippen molar-refractivity contribution in [1.82, 2.24) is 9.97 Å². The Labute approximate surface area is 175 Å². The molecule has 0 fully saturated rings. The first-order valence-corrected chi connectivity index (χ1v) is 9.59. The summed E-state index contributed by atoms with van der Waals surface area (Å²) in [5.74, 6) is 3.36. The Hall–Kier alpha value is -3.26. The smallest absolute Gasteiger partial charge is 0.162 e. The third-order valence-corrected chi connectivity index (χ3v) is 5.57. The third-order valence-electron chi connectivity index (χ3n) is 5.57. The van der Waals surface area contributed by atoms with Crippen molar-refractivity contribution in [2.45, 2.75) is 25.6 Å². The number of anilines is 1. The molecule has 0 radical (unpaired) electrons. The lowest BCUT2D eigenvalue weighted by atomic mass is 9.90. The van der Waals surface area contributed by atoms with Crippen LogP contribution >= 0.6 is 0 Å². The van der Waals surface area contributed by atoms with Gasteiger partial charge in [-0.05, 0) is 36.2 Å². The highest BCUT2D eigenvalue weighted by atomic mass is 16.5. The zero-order valence-electron chi connectivity index (χ0n) is 17.9. The van der Waals surface area contributed by atoms with Gasteiger partial charge in [-0.2, -0.15) is 0 Å². The van der Waals surface area contributed by atoms with Gasteiger partial charge in [0, 0.05) is 24.4 Å². The van der Waals surface area contributed by atoms with Gasteiger partial charge in [0.05, 0.1) is 39.6 Å². The largest absolute Gasteiger partial charge is 0.493 e. The Morgan fingerprint density at radius 2 is 1.40 bits per heavy atom. The van der Waals surface area contributed by atoms with Gasteiger partial charge in [0.25, 0.3) is 0 Å². The second kappa shape index (κ2) is 7.53. The molecule has 0 aliphatic carbocycles. The van der Waals surface area contributed by atoms with Crippen LogP contribution in [0.15, 0.2) is 30.6 Å². The average Bonchev–Trinajstić information content (AvgIpc) is 2.75. The molecule has 0 saturated carbocycles. The minimum Gasteiger partial charge on any atom is -0.493 e. The molecule has 158 valence electrons. The normalized spacial score (nSPS) is 18.1. The lowest BCUT2D eigenvalue weighted by molar-refractivity contribution is 0.350. The van der Waals surface area contributed by atoms with Crippen LogP contribution in [-0.2, 0) is 13.0 Å². The van der Waals surface area contributed by atoms with Crippen LogP contribution in [0.5, 0.6) is 23.0 Å². The zero-order chi connectivity index (χ0) is 21.5. The van der Waals surface area contributed by atoms with Gasteiger partial charge < -0.3 is 29.6 Å². The van der Waals surface area contributed by atoms with Gasteiger partial charge in [0.2, 0.25) is 0 Å². The lowest BCUT2D eigenvalue weighted by Gasteiger charge is -2.44. The summed E-state index contributed by atoms with van der Waals surface area (Å²) in [5, 5.41) is 0.843. The van der Waals surface area contributed by atoms with Crippen LogP contribution in [0.2, 0.25) is 0 Å². The molecule has 0 unspecified atom stereocenters. The molecular weight excluding hydrogens is 384 g/mol. The van der Waals surface area contributed by atoms with Gasteiger partial charge in [-0.3, -0.25) is 0 Å². The third kappa shape index (κ3) is 3.23. The highest BCUT2D eigenvalue weighted by molar-refractivity contribution is 5.92. The molecule has 2 heterocycles. The summed E-state index contributed by atoms with van der Waals surface area (Å²) in [6.07, 6.45) is 2.17. The maximum atomic E-state index is 6.79. The highest BCUT2D eigenvalue weighted by Crippen LogP contribution is 2.41. The highest BCUT2D eigenvalue weighted by Gasteiger charge is 2.36. The van der Waals surface area contributed by atoms with E-state index in [0.717, 1.165) is 27.8 Å². The van der Waals surface area contributed by atoms with Gasteiger partial charge >= 0.3 is 0 Å². The van der Waals surface area contributed by atoms with E-state index in [0.29, 0.717) is 36.0 Å². The van der Waals surface area contributed by atoms with E-state index in [-0.39, 0.29) is 0 Å². The molecule has 1 aliphatic heterocycles. The van der Waals surface area contributed by atoms with Gasteiger partial charge in [0.1, 0.15) is 12.1 Å². The molecule has 0 bridgehead atoms. The van der Waals surface area contributed by atoms with E-state index in [4.69, 9.17) is 24.7 Å². The van der Waals surface area contributed by atoms with Crippen LogP contribution in [0.1, 0.15) is 18.1 Å².